The average molecular weight is 351 g/mol. The third-order valence-electron chi connectivity index (χ3n) is 3.86. The molecule has 6 heteroatoms. The van der Waals surface area contributed by atoms with Gasteiger partial charge in [-0.15, -0.1) is 0 Å². The molecule has 0 bridgehead atoms. The fourth-order valence-corrected chi connectivity index (χ4v) is 2.67. The summed E-state index contributed by atoms with van der Waals surface area (Å²) in [5.41, 5.74) is 8.27. The molecule has 0 aliphatic carbocycles. The Bertz CT molecular complexity index is 923. The number of nitrogens with zero attached hydrogens (tertiary/aromatic N) is 1. The van der Waals surface area contributed by atoms with Gasteiger partial charge >= 0.3 is 0 Å². The van der Waals surface area contributed by atoms with Crippen molar-refractivity contribution < 1.29 is 14.3 Å². The molecule has 0 atom stereocenters. The molecule has 0 saturated carbocycles. The second kappa shape index (κ2) is 7.74. The molecule has 2 aromatic carbocycles. The number of fused-ring (bicyclic) bond motifs is 1. The van der Waals surface area contributed by atoms with Gasteiger partial charge in [0.15, 0.2) is 11.5 Å². The highest BCUT2D eigenvalue weighted by atomic mass is 16.5. The van der Waals surface area contributed by atoms with Crippen molar-refractivity contribution in [3.63, 3.8) is 0 Å². The molecule has 0 aliphatic rings. The van der Waals surface area contributed by atoms with Gasteiger partial charge in [0.25, 0.3) is 0 Å². The molecular formula is C20H21N3O3. The van der Waals surface area contributed by atoms with Gasteiger partial charge in [0, 0.05) is 34.6 Å². The van der Waals surface area contributed by atoms with Crippen molar-refractivity contribution in [3.8, 4) is 11.5 Å². The normalized spacial score (nSPS) is 10.5. The Labute approximate surface area is 151 Å². The molecule has 26 heavy (non-hydrogen) atoms. The smallest absolute Gasteiger partial charge is 0.248 e. The predicted molar refractivity (Wildman–Crippen MR) is 102 cm³/mol. The summed E-state index contributed by atoms with van der Waals surface area (Å²) in [5.74, 6) is 0.912. The Morgan fingerprint density at radius 3 is 2.31 bits per heavy atom. The Hall–Kier alpha value is -3.28. The molecule has 1 aromatic heterocycles. The van der Waals surface area contributed by atoms with Crippen LogP contribution in [0.15, 0.2) is 48.7 Å². The van der Waals surface area contributed by atoms with E-state index in [-0.39, 0.29) is 0 Å². The van der Waals surface area contributed by atoms with Gasteiger partial charge < -0.3 is 20.5 Å². The van der Waals surface area contributed by atoms with Crippen LogP contribution in [-0.2, 0) is 0 Å². The number of nitrogens with one attached hydrogen (secondary N) is 1. The van der Waals surface area contributed by atoms with Crippen molar-refractivity contribution in [1.29, 1.82) is 0 Å². The molecule has 0 saturated heterocycles. The maximum absolute atomic E-state index is 11.2. The summed E-state index contributed by atoms with van der Waals surface area (Å²) in [7, 11) is 0. The van der Waals surface area contributed by atoms with Crippen LogP contribution in [0.3, 0.4) is 0 Å². The van der Waals surface area contributed by atoms with E-state index in [4.69, 9.17) is 15.2 Å². The topological polar surface area (TPSA) is 86.5 Å². The Morgan fingerprint density at radius 1 is 1.04 bits per heavy atom. The molecule has 3 N–H and O–H groups in total. The van der Waals surface area contributed by atoms with Crippen molar-refractivity contribution in [3.05, 3.63) is 54.2 Å². The van der Waals surface area contributed by atoms with Gasteiger partial charge in [0.05, 0.1) is 18.7 Å². The van der Waals surface area contributed by atoms with Gasteiger partial charge in [0.2, 0.25) is 5.91 Å². The predicted octanol–water partition coefficient (Wildman–Crippen LogP) is 3.87. The number of carbonyl (C=O) groups excluding carboxylic acids is 1. The zero-order valence-electron chi connectivity index (χ0n) is 14.8. The number of anilines is 2. The maximum Gasteiger partial charge on any atom is 0.248 e. The quantitative estimate of drug-likeness (QED) is 0.675. The summed E-state index contributed by atoms with van der Waals surface area (Å²) in [6.07, 6.45) is 1.73. The summed E-state index contributed by atoms with van der Waals surface area (Å²) in [5, 5.41) is 4.26. The van der Waals surface area contributed by atoms with E-state index in [2.05, 4.69) is 10.3 Å². The van der Waals surface area contributed by atoms with Crippen LogP contribution in [0.25, 0.3) is 10.9 Å². The summed E-state index contributed by atoms with van der Waals surface area (Å²) in [6.45, 7) is 4.96. The second-order valence-electron chi connectivity index (χ2n) is 5.61. The number of amides is 1. The zero-order valence-corrected chi connectivity index (χ0v) is 14.8. The van der Waals surface area contributed by atoms with E-state index in [0.717, 1.165) is 22.3 Å². The number of nitrogens with two attached hydrogens (primary N) is 1. The molecule has 3 aromatic rings. The number of rotatable bonds is 7. The van der Waals surface area contributed by atoms with Crippen LogP contribution >= 0.6 is 0 Å². The van der Waals surface area contributed by atoms with Gasteiger partial charge in [-0.1, -0.05) is 0 Å². The van der Waals surface area contributed by atoms with Crippen LogP contribution in [0.4, 0.5) is 11.4 Å². The third kappa shape index (κ3) is 3.69. The van der Waals surface area contributed by atoms with Gasteiger partial charge in [0.1, 0.15) is 0 Å². The van der Waals surface area contributed by atoms with Crippen molar-refractivity contribution in [1.82, 2.24) is 4.98 Å². The fourth-order valence-electron chi connectivity index (χ4n) is 2.67. The minimum Gasteiger partial charge on any atom is -0.490 e. The van der Waals surface area contributed by atoms with E-state index < -0.39 is 5.91 Å². The van der Waals surface area contributed by atoms with E-state index in [1.165, 1.54) is 0 Å². The monoisotopic (exact) mass is 351 g/mol. The largest absolute Gasteiger partial charge is 0.490 e. The first-order chi connectivity index (χ1) is 12.6. The molecule has 0 fully saturated rings. The highest BCUT2D eigenvalue weighted by Gasteiger charge is 2.11. The van der Waals surface area contributed by atoms with Gasteiger partial charge in [-0.2, -0.15) is 0 Å². The molecule has 0 spiro atoms. The molecule has 3 rings (SSSR count). The van der Waals surface area contributed by atoms with E-state index in [1.54, 1.807) is 18.3 Å². The van der Waals surface area contributed by atoms with E-state index in [9.17, 15) is 4.79 Å². The first kappa shape index (κ1) is 17.5. The summed E-state index contributed by atoms with van der Waals surface area (Å²) >= 11 is 0. The van der Waals surface area contributed by atoms with Crippen molar-refractivity contribution in [2.24, 2.45) is 5.73 Å². The van der Waals surface area contributed by atoms with Crippen molar-refractivity contribution >= 4 is 28.2 Å². The first-order valence-electron chi connectivity index (χ1n) is 8.47. The van der Waals surface area contributed by atoms with Gasteiger partial charge in [-0.25, -0.2) is 0 Å². The van der Waals surface area contributed by atoms with Crippen LogP contribution in [0.1, 0.15) is 24.2 Å². The summed E-state index contributed by atoms with van der Waals surface area (Å²) in [6, 6.07) is 12.7. The zero-order chi connectivity index (χ0) is 18.5. The SMILES string of the molecule is CCOc1cc2nccc(Nc3ccc(C(N)=O)cc3)c2cc1OCC. The number of benzene rings is 2. The highest BCUT2D eigenvalue weighted by molar-refractivity contribution is 5.96. The van der Waals surface area contributed by atoms with Crippen molar-refractivity contribution in [2.75, 3.05) is 18.5 Å². The minimum atomic E-state index is -0.448. The van der Waals surface area contributed by atoms with E-state index in [0.29, 0.717) is 30.3 Å². The Balaban J connectivity index is 1.99. The van der Waals surface area contributed by atoms with Crippen LogP contribution in [-0.4, -0.2) is 24.1 Å². The number of hydrogen-bond acceptors (Lipinski definition) is 5. The summed E-state index contributed by atoms with van der Waals surface area (Å²) in [4.78, 5) is 15.6. The molecule has 0 aliphatic heterocycles. The van der Waals surface area contributed by atoms with Crippen LogP contribution in [0, 0.1) is 0 Å². The molecule has 134 valence electrons. The van der Waals surface area contributed by atoms with E-state index in [1.807, 2.05) is 44.2 Å². The Kier molecular flexibility index (Phi) is 5.22. The second-order valence-corrected chi connectivity index (χ2v) is 5.61. The lowest BCUT2D eigenvalue weighted by Gasteiger charge is -2.14. The molecule has 0 radical (unpaired) electrons. The standard InChI is InChI=1S/C20H21N3O3/c1-3-25-18-11-15-16(9-10-22-17(15)12-19(18)26-4-2)23-14-7-5-13(6-8-14)20(21)24/h5-12H,3-4H2,1-2H3,(H2,21,24)(H,22,23). The lowest BCUT2D eigenvalue weighted by atomic mass is 10.1. The molecular weight excluding hydrogens is 330 g/mol. The van der Waals surface area contributed by atoms with Gasteiger partial charge in [-0.05, 0) is 50.2 Å². The Morgan fingerprint density at radius 2 is 1.69 bits per heavy atom. The number of carbonyl (C=O) groups is 1. The third-order valence-corrected chi connectivity index (χ3v) is 3.86. The number of ether oxygens (including phenoxy) is 2. The number of aromatic nitrogens is 1. The van der Waals surface area contributed by atoms with Crippen molar-refractivity contribution in [2.45, 2.75) is 13.8 Å². The first-order valence-corrected chi connectivity index (χ1v) is 8.47. The summed E-state index contributed by atoms with van der Waals surface area (Å²) < 4.78 is 11.4. The highest BCUT2D eigenvalue weighted by Crippen LogP contribution is 2.35. The minimum absolute atomic E-state index is 0.448. The number of pyridine rings is 1. The molecule has 0 unspecified atom stereocenters. The fraction of sp³-hybridized carbons (Fsp3) is 0.200. The maximum atomic E-state index is 11.2. The molecule has 1 heterocycles. The average Bonchev–Trinajstić information content (AvgIpc) is 2.63. The van der Waals surface area contributed by atoms with Gasteiger partial charge in [-0.3, -0.25) is 9.78 Å². The van der Waals surface area contributed by atoms with Crippen LogP contribution in [0.5, 0.6) is 11.5 Å². The lowest BCUT2D eigenvalue weighted by molar-refractivity contribution is 0.100. The number of hydrogen-bond donors (Lipinski definition) is 2. The lowest BCUT2D eigenvalue weighted by Crippen LogP contribution is -2.10. The van der Waals surface area contributed by atoms with Crippen LogP contribution < -0.4 is 20.5 Å². The van der Waals surface area contributed by atoms with Crippen LogP contribution in [0.2, 0.25) is 0 Å². The molecule has 6 nitrogen and oxygen atoms in total. The number of primary amides is 1. The van der Waals surface area contributed by atoms with E-state index >= 15 is 0 Å². The molecule has 1 amide bonds.